The summed E-state index contributed by atoms with van der Waals surface area (Å²) >= 11 is 0. The van der Waals surface area contributed by atoms with Crippen molar-refractivity contribution < 1.29 is 19.4 Å². The van der Waals surface area contributed by atoms with Gasteiger partial charge in [-0.3, -0.25) is 4.79 Å². The van der Waals surface area contributed by atoms with Crippen LogP contribution in [-0.2, 0) is 9.53 Å². The number of carbonyl (C=O) groups excluding carboxylic acids is 1. The molecule has 0 spiro atoms. The van der Waals surface area contributed by atoms with Gasteiger partial charge in [-0.2, -0.15) is 0 Å². The maximum absolute atomic E-state index is 11.4. The van der Waals surface area contributed by atoms with Gasteiger partial charge in [0.25, 0.3) is 0 Å². The minimum atomic E-state index is -0.952. The predicted octanol–water partition coefficient (Wildman–Crippen LogP) is 0.323. The molecule has 0 saturated heterocycles. The molecule has 1 aromatic carbocycles. The van der Waals surface area contributed by atoms with Crippen LogP contribution in [0.1, 0.15) is 10.4 Å². The van der Waals surface area contributed by atoms with E-state index in [4.69, 9.17) is 10.8 Å². The zero-order valence-electron chi connectivity index (χ0n) is 10.1. The van der Waals surface area contributed by atoms with Crippen molar-refractivity contribution >= 4 is 17.6 Å². The summed E-state index contributed by atoms with van der Waals surface area (Å²) in [6, 6.07) is 6.60. The minimum Gasteiger partial charge on any atom is -0.480 e. The fraction of sp³-hybridized carbons (Fsp3) is 0.333. The van der Waals surface area contributed by atoms with Crippen molar-refractivity contribution in [3.05, 3.63) is 29.8 Å². The van der Waals surface area contributed by atoms with Crippen LogP contribution in [0, 0.1) is 0 Å². The first-order valence-corrected chi connectivity index (χ1v) is 5.43. The standard InChI is InChI=1S/C12H16N2O4/c1-18-12(17)9-3-2-4-10(7-9)14(6-5-13)8-11(15)16/h2-4,7H,5-6,8,13H2,1H3,(H,15,16). The summed E-state index contributed by atoms with van der Waals surface area (Å²) < 4.78 is 4.61. The molecule has 6 nitrogen and oxygen atoms in total. The zero-order chi connectivity index (χ0) is 13.5. The van der Waals surface area contributed by atoms with Crippen molar-refractivity contribution in [1.29, 1.82) is 0 Å². The number of hydrogen-bond acceptors (Lipinski definition) is 5. The van der Waals surface area contributed by atoms with E-state index in [2.05, 4.69) is 4.74 Å². The summed E-state index contributed by atoms with van der Waals surface area (Å²) in [5.74, 6) is -1.41. The van der Waals surface area contributed by atoms with E-state index in [1.807, 2.05) is 0 Å². The fourth-order valence-electron chi connectivity index (χ4n) is 1.57. The van der Waals surface area contributed by atoms with Gasteiger partial charge in [0.2, 0.25) is 0 Å². The highest BCUT2D eigenvalue weighted by molar-refractivity contribution is 5.90. The molecule has 0 unspecified atom stereocenters. The van der Waals surface area contributed by atoms with Crippen molar-refractivity contribution in [3.63, 3.8) is 0 Å². The van der Waals surface area contributed by atoms with E-state index in [1.165, 1.54) is 7.11 Å². The van der Waals surface area contributed by atoms with Crippen LogP contribution in [0.3, 0.4) is 0 Å². The van der Waals surface area contributed by atoms with Gasteiger partial charge in [-0.05, 0) is 18.2 Å². The third-order valence-corrected chi connectivity index (χ3v) is 2.36. The fourth-order valence-corrected chi connectivity index (χ4v) is 1.57. The van der Waals surface area contributed by atoms with Crippen LogP contribution in [0.4, 0.5) is 5.69 Å². The number of rotatable bonds is 6. The Bertz CT molecular complexity index is 434. The second-order valence-electron chi connectivity index (χ2n) is 3.65. The topological polar surface area (TPSA) is 92.9 Å². The zero-order valence-corrected chi connectivity index (χ0v) is 10.1. The molecule has 0 bridgehead atoms. The molecule has 0 aliphatic heterocycles. The Morgan fingerprint density at radius 1 is 1.44 bits per heavy atom. The number of carboxylic acid groups (broad SMARTS) is 1. The van der Waals surface area contributed by atoms with Crippen LogP contribution in [0.2, 0.25) is 0 Å². The van der Waals surface area contributed by atoms with Gasteiger partial charge < -0.3 is 20.5 Å². The number of aliphatic carboxylic acids is 1. The van der Waals surface area contributed by atoms with E-state index in [-0.39, 0.29) is 6.54 Å². The van der Waals surface area contributed by atoms with Crippen LogP contribution in [0.5, 0.6) is 0 Å². The molecule has 18 heavy (non-hydrogen) atoms. The molecule has 1 rings (SSSR count). The largest absolute Gasteiger partial charge is 0.480 e. The van der Waals surface area contributed by atoms with Gasteiger partial charge in [-0.25, -0.2) is 4.79 Å². The van der Waals surface area contributed by atoms with Gasteiger partial charge in [-0.1, -0.05) is 6.07 Å². The number of carboxylic acids is 1. The third-order valence-electron chi connectivity index (χ3n) is 2.36. The van der Waals surface area contributed by atoms with Crippen LogP contribution in [-0.4, -0.2) is 43.8 Å². The number of nitrogens with two attached hydrogens (primary N) is 1. The lowest BCUT2D eigenvalue weighted by molar-refractivity contribution is -0.135. The molecule has 0 heterocycles. The maximum atomic E-state index is 11.4. The van der Waals surface area contributed by atoms with E-state index in [0.717, 1.165) is 0 Å². The molecule has 98 valence electrons. The third kappa shape index (κ3) is 3.74. The molecular weight excluding hydrogens is 236 g/mol. The number of hydrogen-bond donors (Lipinski definition) is 2. The first-order chi connectivity index (χ1) is 8.58. The molecule has 0 fully saturated rings. The average molecular weight is 252 g/mol. The summed E-state index contributed by atoms with van der Waals surface area (Å²) in [6.07, 6.45) is 0. The second kappa shape index (κ2) is 6.61. The number of esters is 1. The summed E-state index contributed by atoms with van der Waals surface area (Å²) in [7, 11) is 1.30. The van der Waals surface area contributed by atoms with Crippen molar-refractivity contribution in [2.75, 3.05) is 31.6 Å². The van der Waals surface area contributed by atoms with Crippen LogP contribution in [0.15, 0.2) is 24.3 Å². The number of nitrogens with zero attached hydrogens (tertiary/aromatic N) is 1. The Morgan fingerprint density at radius 3 is 2.72 bits per heavy atom. The highest BCUT2D eigenvalue weighted by atomic mass is 16.5. The SMILES string of the molecule is COC(=O)c1cccc(N(CCN)CC(=O)O)c1. The van der Waals surface area contributed by atoms with Crippen molar-refractivity contribution in [2.45, 2.75) is 0 Å². The number of anilines is 1. The first kappa shape index (κ1) is 14.0. The smallest absolute Gasteiger partial charge is 0.337 e. The Labute approximate surface area is 105 Å². The van der Waals surface area contributed by atoms with Crippen molar-refractivity contribution in [1.82, 2.24) is 0 Å². The molecular formula is C12H16N2O4. The van der Waals surface area contributed by atoms with E-state index >= 15 is 0 Å². The normalized spacial score (nSPS) is 9.89. The van der Waals surface area contributed by atoms with Crippen LogP contribution >= 0.6 is 0 Å². The summed E-state index contributed by atoms with van der Waals surface area (Å²) in [5, 5.41) is 8.82. The lowest BCUT2D eigenvalue weighted by atomic mass is 10.2. The quantitative estimate of drug-likeness (QED) is 0.708. The Morgan fingerprint density at radius 2 is 2.17 bits per heavy atom. The monoisotopic (exact) mass is 252 g/mol. The molecule has 0 atom stereocenters. The lowest BCUT2D eigenvalue weighted by Gasteiger charge is -2.22. The average Bonchev–Trinajstić information content (AvgIpc) is 2.37. The summed E-state index contributed by atoms with van der Waals surface area (Å²) in [6.45, 7) is 0.564. The molecule has 0 amide bonds. The Hall–Kier alpha value is -2.08. The van der Waals surface area contributed by atoms with E-state index in [1.54, 1.807) is 29.2 Å². The van der Waals surface area contributed by atoms with Gasteiger partial charge >= 0.3 is 11.9 Å². The highest BCUT2D eigenvalue weighted by Gasteiger charge is 2.12. The maximum Gasteiger partial charge on any atom is 0.337 e. The second-order valence-corrected chi connectivity index (χ2v) is 3.65. The van der Waals surface area contributed by atoms with Crippen LogP contribution < -0.4 is 10.6 Å². The number of carbonyl (C=O) groups is 2. The number of benzene rings is 1. The number of methoxy groups -OCH3 is 1. The Kier molecular flexibility index (Phi) is 5.13. The van der Waals surface area contributed by atoms with Gasteiger partial charge in [0.1, 0.15) is 6.54 Å². The molecule has 0 aromatic heterocycles. The molecule has 0 aliphatic carbocycles. The Balaban J connectivity index is 2.97. The molecule has 3 N–H and O–H groups in total. The van der Waals surface area contributed by atoms with Gasteiger partial charge in [0.15, 0.2) is 0 Å². The summed E-state index contributed by atoms with van der Waals surface area (Å²) in [4.78, 5) is 23.7. The predicted molar refractivity (Wildman–Crippen MR) is 66.7 cm³/mol. The van der Waals surface area contributed by atoms with Crippen LogP contribution in [0.25, 0.3) is 0 Å². The highest BCUT2D eigenvalue weighted by Crippen LogP contribution is 2.16. The molecule has 0 saturated carbocycles. The first-order valence-electron chi connectivity index (χ1n) is 5.43. The van der Waals surface area contributed by atoms with Crippen molar-refractivity contribution in [2.24, 2.45) is 5.73 Å². The van der Waals surface area contributed by atoms with Gasteiger partial charge in [-0.15, -0.1) is 0 Å². The van der Waals surface area contributed by atoms with Crippen molar-refractivity contribution in [3.8, 4) is 0 Å². The van der Waals surface area contributed by atoms with E-state index in [0.29, 0.717) is 24.3 Å². The molecule has 6 heteroatoms. The molecule has 1 aromatic rings. The van der Waals surface area contributed by atoms with Gasteiger partial charge in [0, 0.05) is 18.8 Å². The van der Waals surface area contributed by atoms with E-state index in [9.17, 15) is 9.59 Å². The molecule has 0 aliphatic rings. The minimum absolute atomic E-state index is 0.165. The lowest BCUT2D eigenvalue weighted by Crippen LogP contribution is -2.34. The molecule has 0 radical (unpaired) electrons. The summed E-state index contributed by atoms with van der Waals surface area (Å²) in [5.41, 5.74) is 6.45. The van der Waals surface area contributed by atoms with E-state index < -0.39 is 11.9 Å². The number of ether oxygens (including phenoxy) is 1. The van der Waals surface area contributed by atoms with Gasteiger partial charge in [0.05, 0.1) is 12.7 Å².